The minimum atomic E-state index is 1.01. The van der Waals surface area contributed by atoms with Crippen LogP contribution in [0.3, 0.4) is 0 Å². The molecule has 0 radical (unpaired) electrons. The maximum Gasteiger partial charge on any atom is 0.209 e. The fourth-order valence-corrected chi connectivity index (χ4v) is 3.52. The first-order valence-electron chi connectivity index (χ1n) is 6.29. The van der Waals surface area contributed by atoms with Crippen LogP contribution in [0.25, 0.3) is 0 Å². The summed E-state index contributed by atoms with van der Waals surface area (Å²) in [5, 5.41) is 9.48. The number of nitrogens with zero attached hydrogens (tertiary/aromatic N) is 4. The van der Waals surface area contributed by atoms with Gasteiger partial charge in [0.15, 0.2) is 4.34 Å². The van der Waals surface area contributed by atoms with Gasteiger partial charge in [-0.25, -0.2) is 0 Å². The molecule has 1 aliphatic rings. The Labute approximate surface area is 121 Å². The third-order valence-electron chi connectivity index (χ3n) is 3.24. The number of benzene rings is 1. The number of hydrogen-bond acceptors (Lipinski definition) is 6. The summed E-state index contributed by atoms with van der Waals surface area (Å²) in [6, 6.07) is 10.6. The number of thioether (sulfide) groups is 1. The highest BCUT2D eigenvalue weighted by Gasteiger charge is 2.20. The zero-order chi connectivity index (χ0) is 13.1. The molecule has 1 aromatic carbocycles. The molecule has 4 nitrogen and oxygen atoms in total. The molecular formula is C13H16N4S2. The molecule has 1 aliphatic heterocycles. The molecule has 0 aliphatic carbocycles. The summed E-state index contributed by atoms with van der Waals surface area (Å²) in [5.41, 5.74) is 1.31. The molecule has 100 valence electrons. The minimum Gasteiger partial charge on any atom is -0.368 e. The molecule has 1 fully saturated rings. The van der Waals surface area contributed by atoms with E-state index in [4.69, 9.17) is 0 Å². The fraction of sp³-hybridized carbons (Fsp3) is 0.385. The van der Waals surface area contributed by atoms with Crippen LogP contribution in [-0.2, 0) is 0 Å². The van der Waals surface area contributed by atoms with Crippen molar-refractivity contribution < 1.29 is 0 Å². The molecule has 0 saturated carbocycles. The summed E-state index contributed by atoms with van der Waals surface area (Å²) in [5.74, 6) is 0. The summed E-state index contributed by atoms with van der Waals surface area (Å²) in [6.45, 7) is 4.10. The first-order chi connectivity index (χ1) is 9.36. The van der Waals surface area contributed by atoms with Crippen molar-refractivity contribution in [3.63, 3.8) is 0 Å². The highest BCUT2D eigenvalue weighted by atomic mass is 32.2. The largest absolute Gasteiger partial charge is 0.368 e. The van der Waals surface area contributed by atoms with Gasteiger partial charge in [-0.3, -0.25) is 0 Å². The van der Waals surface area contributed by atoms with Crippen LogP contribution in [0.5, 0.6) is 0 Å². The van der Waals surface area contributed by atoms with Gasteiger partial charge in [-0.1, -0.05) is 41.3 Å². The SMILES string of the molecule is CSc1nnc(N2CCN(c3ccccc3)CC2)s1. The molecule has 3 rings (SSSR count). The van der Waals surface area contributed by atoms with E-state index in [-0.39, 0.29) is 0 Å². The lowest BCUT2D eigenvalue weighted by atomic mass is 10.2. The van der Waals surface area contributed by atoms with Crippen LogP contribution in [0.2, 0.25) is 0 Å². The zero-order valence-corrected chi connectivity index (χ0v) is 12.5. The standard InChI is InChI=1S/C13H16N4S2/c1-18-13-15-14-12(19-13)17-9-7-16(8-10-17)11-5-3-2-4-6-11/h2-6H,7-10H2,1H3. The Balaban J connectivity index is 1.63. The van der Waals surface area contributed by atoms with Gasteiger partial charge in [0, 0.05) is 31.9 Å². The van der Waals surface area contributed by atoms with E-state index in [1.165, 1.54) is 5.69 Å². The second kappa shape index (κ2) is 5.79. The van der Waals surface area contributed by atoms with Gasteiger partial charge in [0.2, 0.25) is 5.13 Å². The number of rotatable bonds is 3. The van der Waals surface area contributed by atoms with E-state index in [9.17, 15) is 0 Å². The lowest BCUT2D eigenvalue weighted by Crippen LogP contribution is -2.46. The molecule has 0 bridgehead atoms. The molecule has 19 heavy (non-hydrogen) atoms. The average Bonchev–Trinajstić information content (AvgIpc) is 2.97. The molecule has 0 amide bonds. The first kappa shape index (κ1) is 12.7. The lowest BCUT2D eigenvalue weighted by molar-refractivity contribution is 0.649. The predicted molar refractivity (Wildman–Crippen MR) is 82.6 cm³/mol. The second-order valence-electron chi connectivity index (χ2n) is 4.36. The molecule has 1 aromatic heterocycles. The van der Waals surface area contributed by atoms with Crippen LogP contribution in [0.1, 0.15) is 0 Å². The number of hydrogen-bond donors (Lipinski definition) is 0. The van der Waals surface area contributed by atoms with Crippen LogP contribution in [0, 0.1) is 0 Å². The molecule has 6 heteroatoms. The molecular weight excluding hydrogens is 276 g/mol. The fourth-order valence-electron chi connectivity index (χ4n) is 2.21. The van der Waals surface area contributed by atoms with E-state index >= 15 is 0 Å². The van der Waals surface area contributed by atoms with Gasteiger partial charge in [0.05, 0.1) is 0 Å². The van der Waals surface area contributed by atoms with Crippen molar-refractivity contribution in [1.82, 2.24) is 10.2 Å². The molecule has 0 N–H and O–H groups in total. The van der Waals surface area contributed by atoms with Crippen molar-refractivity contribution in [1.29, 1.82) is 0 Å². The Morgan fingerprint density at radius 2 is 1.68 bits per heavy atom. The molecule has 1 saturated heterocycles. The summed E-state index contributed by atoms with van der Waals surface area (Å²) in [6.07, 6.45) is 2.04. The van der Waals surface area contributed by atoms with Crippen molar-refractivity contribution in [2.45, 2.75) is 4.34 Å². The van der Waals surface area contributed by atoms with Crippen LogP contribution < -0.4 is 9.80 Å². The molecule has 0 unspecified atom stereocenters. The van der Waals surface area contributed by atoms with E-state index in [1.54, 1.807) is 23.1 Å². The van der Waals surface area contributed by atoms with E-state index in [2.05, 4.69) is 50.3 Å². The summed E-state index contributed by atoms with van der Waals surface area (Å²) >= 11 is 3.34. The first-order valence-corrected chi connectivity index (χ1v) is 8.33. The highest BCUT2D eigenvalue weighted by Crippen LogP contribution is 2.27. The van der Waals surface area contributed by atoms with Gasteiger partial charge in [-0.15, -0.1) is 10.2 Å². The van der Waals surface area contributed by atoms with Crippen LogP contribution in [-0.4, -0.2) is 42.6 Å². The molecule has 2 aromatic rings. The van der Waals surface area contributed by atoms with E-state index in [0.29, 0.717) is 0 Å². The predicted octanol–water partition coefficient (Wildman–Crippen LogP) is 2.59. The highest BCUT2D eigenvalue weighted by molar-refractivity contribution is 8.00. The number of aromatic nitrogens is 2. The van der Waals surface area contributed by atoms with E-state index in [1.807, 2.05) is 6.26 Å². The van der Waals surface area contributed by atoms with Gasteiger partial charge in [-0.05, 0) is 18.4 Å². The monoisotopic (exact) mass is 292 g/mol. The van der Waals surface area contributed by atoms with Gasteiger partial charge in [-0.2, -0.15) is 0 Å². The minimum absolute atomic E-state index is 1.01. The van der Waals surface area contributed by atoms with Crippen LogP contribution >= 0.6 is 23.1 Å². The lowest BCUT2D eigenvalue weighted by Gasteiger charge is -2.35. The number of para-hydroxylation sites is 1. The van der Waals surface area contributed by atoms with E-state index < -0.39 is 0 Å². The smallest absolute Gasteiger partial charge is 0.209 e. The number of piperazine rings is 1. The topological polar surface area (TPSA) is 32.3 Å². The Bertz CT molecular complexity index is 520. The van der Waals surface area contributed by atoms with Gasteiger partial charge < -0.3 is 9.80 Å². The van der Waals surface area contributed by atoms with Crippen molar-refractivity contribution in [3.8, 4) is 0 Å². The number of anilines is 2. The Hall–Kier alpha value is -1.27. The van der Waals surface area contributed by atoms with E-state index in [0.717, 1.165) is 35.7 Å². The summed E-state index contributed by atoms with van der Waals surface area (Å²) in [7, 11) is 0. The van der Waals surface area contributed by atoms with Crippen molar-refractivity contribution >= 4 is 33.9 Å². The Morgan fingerprint density at radius 1 is 1.00 bits per heavy atom. The normalized spacial score (nSPS) is 15.8. The molecule has 0 atom stereocenters. The summed E-state index contributed by atoms with van der Waals surface area (Å²) in [4.78, 5) is 4.75. The van der Waals surface area contributed by atoms with Gasteiger partial charge in [0.1, 0.15) is 0 Å². The van der Waals surface area contributed by atoms with Crippen molar-refractivity contribution in [2.75, 3.05) is 42.2 Å². The zero-order valence-electron chi connectivity index (χ0n) is 10.8. The summed E-state index contributed by atoms with van der Waals surface area (Å²) < 4.78 is 1.04. The van der Waals surface area contributed by atoms with Gasteiger partial charge >= 0.3 is 0 Å². The maximum atomic E-state index is 4.26. The maximum absolute atomic E-state index is 4.26. The van der Waals surface area contributed by atoms with Crippen LogP contribution in [0.4, 0.5) is 10.8 Å². The third kappa shape index (κ3) is 2.84. The Kier molecular flexibility index (Phi) is 3.89. The van der Waals surface area contributed by atoms with Gasteiger partial charge in [0.25, 0.3) is 0 Å². The van der Waals surface area contributed by atoms with Crippen molar-refractivity contribution in [3.05, 3.63) is 30.3 Å². The molecule has 2 heterocycles. The van der Waals surface area contributed by atoms with Crippen LogP contribution in [0.15, 0.2) is 34.7 Å². The molecule has 0 spiro atoms. The average molecular weight is 292 g/mol. The third-order valence-corrected chi connectivity index (χ3v) is 5.20. The quantitative estimate of drug-likeness (QED) is 0.812. The van der Waals surface area contributed by atoms with Crippen molar-refractivity contribution in [2.24, 2.45) is 0 Å². The Morgan fingerprint density at radius 3 is 2.32 bits per heavy atom. The second-order valence-corrected chi connectivity index (χ2v) is 6.37.